The predicted molar refractivity (Wildman–Crippen MR) is 92.6 cm³/mol. The first-order valence-corrected chi connectivity index (χ1v) is 8.26. The molecule has 25 heavy (non-hydrogen) atoms. The third-order valence-corrected chi connectivity index (χ3v) is 5.00. The van der Waals surface area contributed by atoms with Crippen LogP contribution in [0.15, 0.2) is 54.7 Å². The lowest BCUT2D eigenvalue weighted by Crippen LogP contribution is -2.50. The molecule has 128 valence electrons. The Bertz CT molecular complexity index is 971. The van der Waals surface area contributed by atoms with Crippen LogP contribution in [-0.4, -0.2) is 15.8 Å². The molecule has 0 bridgehead atoms. The monoisotopic (exact) mass is 338 g/mol. The van der Waals surface area contributed by atoms with E-state index in [1.54, 1.807) is 12.1 Å². The van der Waals surface area contributed by atoms with Crippen LogP contribution in [0.4, 0.5) is 4.39 Å². The van der Waals surface area contributed by atoms with Crippen LogP contribution in [0.3, 0.4) is 0 Å². The van der Waals surface area contributed by atoms with Gasteiger partial charge in [-0.3, -0.25) is 0 Å². The topological polar surface area (TPSA) is 50.4 Å². The number of benzene rings is 2. The van der Waals surface area contributed by atoms with E-state index < -0.39 is 11.6 Å². The van der Waals surface area contributed by atoms with E-state index in [4.69, 9.17) is 0 Å². The van der Waals surface area contributed by atoms with Gasteiger partial charge in [-0.1, -0.05) is 24.3 Å². The minimum Gasteiger partial charge on any atom is -0.618 e. The van der Waals surface area contributed by atoms with Crippen LogP contribution in [0.2, 0.25) is 0 Å². The molecule has 1 atom stereocenters. The summed E-state index contributed by atoms with van der Waals surface area (Å²) in [6, 6.07) is 13.5. The smallest absolute Gasteiger partial charge is 0.223 e. The van der Waals surface area contributed by atoms with Gasteiger partial charge in [0.15, 0.2) is 6.20 Å². The van der Waals surface area contributed by atoms with Crippen LogP contribution < -0.4 is 4.73 Å². The lowest BCUT2D eigenvalue weighted by Gasteiger charge is -2.44. The highest BCUT2D eigenvalue weighted by Gasteiger charge is 2.41. The van der Waals surface area contributed by atoms with Crippen molar-refractivity contribution < 1.29 is 14.3 Å². The molecule has 4 rings (SSSR count). The number of nitrogens with zero attached hydrogens (tertiary/aromatic N) is 2. The number of hydrogen-bond donors (Lipinski definition) is 1. The number of rotatable bonds is 1. The lowest BCUT2D eigenvalue weighted by molar-refractivity contribution is -0.577. The normalized spacial score (nSPS) is 19.8. The molecule has 0 saturated heterocycles. The van der Waals surface area contributed by atoms with E-state index in [0.29, 0.717) is 28.6 Å². The quantitative estimate of drug-likeness (QED) is 0.543. The van der Waals surface area contributed by atoms with Crippen LogP contribution >= 0.6 is 0 Å². The Morgan fingerprint density at radius 3 is 2.76 bits per heavy atom. The van der Waals surface area contributed by atoms with Gasteiger partial charge in [-0.2, -0.15) is 9.79 Å². The zero-order chi connectivity index (χ0) is 17.8. The molecule has 4 nitrogen and oxygen atoms in total. The molecule has 1 aliphatic rings. The number of aromatic nitrogens is 1. The maximum absolute atomic E-state index is 14.4. The van der Waals surface area contributed by atoms with Gasteiger partial charge in [-0.15, -0.1) is 0 Å². The first-order chi connectivity index (χ1) is 11.9. The second-order valence-corrected chi connectivity index (χ2v) is 7.20. The Kier molecular flexibility index (Phi) is 3.52. The van der Waals surface area contributed by atoms with Crippen molar-refractivity contribution in [2.24, 2.45) is 0 Å². The Balaban J connectivity index is 1.97. The minimum atomic E-state index is -0.654. The van der Waals surface area contributed by atoms with Crippen molar-refractivity contribution in [2.45, 2.75) is 31.8 Å². The Labute approximate surface area is 145 Å². The zero-order valence-corrected chi connectivity index (χ0v) is 14.1. The summed E-state index contributed by atoms with van der Waals surface area (Å²) in [7, 11) is 0. The van der Waals surface area contributed by atoms with E-state index in [-0.39, 0.29) is 5.82 Å². The average Bonchev–Trinajstić information content (AvgIpc) is 2.57. The van der Waals surface area contributed by atoms with Crippen LogP contribution in [0.5, 0.6) is 0 Å². The van der Waals surface area contributed by atoms with E-state index in [1.807, 2.05) is 44.2 Å². The summed E-state index contributed by atoms with van der Waals surface area (Å²) >= 11 is 0. The molecule has 0 spiro atoms. The van der Waals surface area contributed by atoms with E-state index in [0.717, 1.165) is 10.1 Å². The molecular formula is C20H19FN2O2. The summed E-state index contributed by atoms with van der Waals surface area (Å²) in [5, 5.41) is 25.3. The molecule has 0 radical (unpaired) electrons. The summed E-state index contributed by atoms with van der Waals surface area (Å²) in [5.74, 6) is -0.278. The predicted octanol–water partition coefficient (Wildman–Crippen LogP) is 3.73. The van der Waals surface area contributed by atoms with Crippen molar-refractivity contribution in [1.82, 2.24) is 5.06 Å². The second-order valence-electron chi connectivity index (χ2n) is 7.20. The fourth-order valence-electron chi connectivity index (χ4n) is 3.72. The highest BCUT2D eigenvalue weighted by atomic mass is 19.1. The molecule has 3 aromatic rings. The van der Waals surface area contributed by atoms with Crippen molar-refractivity contribution in [3.8, 4) is 0 Å². The molecule has 0 saturated carbocycles. The Morgan fingerprint density at radius 1 is 1.20 bits per heavy atom. The highest BCUT2D eigenvalue weighted by molar-refractivity contribution is 5.76. The van der Waals surface area contributed by atoms with Gasteiger partial charge in [0.25, 0.3) is 0 Å². The number of halogens is 1. The SMILES string of the molecule is CC1(C)Cc2c(F)cccc2C(c2cc3ccccc3[n+]([O-])c2)N1O. The van der Waals surface area contributed by atoms with E-state index in [1.165, 1.54) is 17.3 Å². The fourth-order valence-corrected chi connectivity index (χ4v) is 3.72. The molecule has 2 aromatic carbocycles. The Hall–Kier alpha value is -2.50. The third-order valence-electron chi connectivity index (χ3n) is 5.00. The summed E-state index contributed by atoms with van der Waals surface area (Å²) in [6.07, 6.45) is 1.86. The van der Waals surface area contributed by atoms with Gasteiger partial charge in [0.1, 0.15) is 5.82 Å². The van der Waals surface area contributed by atoms with Crippen molar-refractivity contribution in [3.63, 3.8) is 0 Å². The minimum absolute atomic E-state index is 0.278. The van der Waals surface area contributed by atoms with Gasteiger partial charge in [-0.25, -0.2) is 4.39 Å². The highest BCUT2D eigenvalue weighted by Crippen LogP contribution is 2.41. The van der Waals surface area contributed by atoms with E-state index in [9.17, 15) is 14.8 Å². The maximum atomic E-state index is 14.4. The number of para-hydroxylation sites is 1. The van der Waals surface area contributed by atoms with Crippen molar-refractivity contribution >= 4 is 10.9 Å². The lowest BCUT2D eigenvalue weighted by atomic mass is 9.80. The van der Waals surface area contributed by atoms with Crippen molar-refractivity contribution in [3.05, 3.63) is 82.4 Å². The number of fused-ring (bicyclic) bond motifs is 2. The van der Waals surface area contributed by atoms with E-state index >= 15 is 0 Å². The largest absolute Gasteiger partial charge is 0.618 e. The van der Waals surface area contributed by atoms with Crippen LogP contribution in [0.1, 0.15) is 36.6 Å². The number of hydrogen-bond acceptors (Lipinski definition) is 3. The molecule has 1 unspecified atom stereocenters. The van der Waals surface area contributed by atoms with Crippen LogP contribution in [-0.2, 0) is 6.42 Å². The third kappa shape index (κ3) is 2.47. The van der Waals surface area contributed by atoms with Gasteiger partial charge in [0, 0.05) is 22.6 Å². The van der Waals surface area contributed by atoms with Gasteiger partial charge in [-0.05, 0) is 49.6 Å². The maximum Gasteiger partial charge on any atom is 0.223 e. The van der Waals surface area contributed by atoms with Gasteiger partial charge >= 0.3 is 0 Å². The fraction of sp³-hybridized carbons (Fsp3) is 0.250. The molecule has 5 heteroatoms. The molecule has 0 amide bonds. The molecule has 0 fully saturated rings. The molecular weight excluding hydrogens is 319 g/mol. The van der Waals surface area contributed by atoms with Crippen molar-refractivity contribution in [1.29, 1.82) is 0 Å². The molecule has 0 aliphatic carbocycles. The van der Waals surface area contributed by atoms with Crippen LogP contribution in [0, 0.1) is 11.0 Å². The summed E-state index contributed by atoms with van der Waals surface area (Å²) in [6.45, 7) is 3.73. The Morgan fingerprint density at radius 2 is 1.96 bits per heavy atom. The van der Waals surface area contributed by atoms with Crippen molar-refractivity contribution in [2.75, 3.05) is 0 Å². The summed E-state index contributed by atoms with van der Waals surface area (Å²) < 4.78 is 15.2. The zero-order valence-electron chi connectivity index (χ0n) is 14.1. The number of hydroxylamine groups is 2. The first kappa shape index (κ1) is 16.0. The molecule has 1 aliphatic heterocycles. The van der Waals surface area contributed by atoms with Gasteiger partial charge in [0.05, 0.1) is 6.04 Å². The molecule has 1 aromatic heterocycles. The summed E-state index contributed by atoms with van der Waals surface area (Å²) in [5.41, 5.74) is 1.82. The standard InChI is InChI=1S/C20H19FN2O2/c1-20(2)11-16-15(7-5-8-17(16)21)19(23(20)25)14-10-13-6-3-4-9-18(13)22(24)12-14/h3-10,12,19,25H,11H2,1-2H3. The number of pyridine rings is 1. The van der Waals surface area contributed by atoms with Gasteiger partial charge < -0.3 is 10.4 Å². The first-order valence-electron chi connectivity index (χ1n) is 8.26. The summed E-state index contributed by atoms with van der Waals surface area (Å²) in [4.78, 5) is 0. The second kappa shape index (κ2) is 5.51. The van der Waals surface area contributed by atoms with Crippen LogP contribution in [0.25, 0.3) is 10.9 Å². The molecule has 1 N–H and O–H groups in total. The van der Waals surface area contributed by atoms with Gasteiger partial charge in [0.2, 0.25) is 5.52 Å². The molecule has 2 heterocycles. The van der Waals surface area contributed by atoms with E-state index in [2.05, 4.69) is 0 Å². The average molecular weight is 338 g/mol.